The van der Waals surface area contributed by atoms with Gasteiger partial charge >= 0.3 is 0 Å². The fourth-order valence-electron chi connectivity index (χ4n) is 1.59. The molecule has 0 aliphatic carbocycles. The predicted molar refractivity (Wildman–Crippen MR) is 77.8 cm³/mol. The van der Waals surface area contributed by atoms with Crippen LogP contribution in [0.25, 0.3) is 0 Å². The average molecular weight is 288 g/mol. The highest BCUT2D eigenvalue weighted by Crippen LogP contribution is 2.13. The maximum absolute atomic E-state index is 13.0. The summed E-state index contributed by atoms with van der Waals surface area (Å²) in [6, 6.07) is 7.50. The number of amides is 1. The molecule has 1 heterocycles. The number of carbonyl (C=O) groups excluding carboxylic acids is 1. The van der Waals surface area contributed by atoms with Crippen molar-refractivity contribution in [2.45, 2.75) is 6.54 Å². The molecule has 0 spiro atoms. The summed E-state index contributed by atoms with van der Waals surface area (Å²) >= 11 is 1.51. The van der Waals surface area contributed by atoms with Crippen molar-refractivity contribution in [3.05, 3.63) is 57.5 Å². The molecule has 20 heavy (non-hydrogen) atoms. The fourth-order valence-corrected chi connectivity index (χ4v) is 2.35. The molecule has 0 bridgehead atoms. The molecule has 0 unspecified atom stereocenters. The van der Waals surface area contributed by atoms with Crippen LogP contribution in [-0.4, -0.2) is 12.5 Å². The normalized spacial score (nSPS) is 9.70. The van der Waals surface area contributed by atoms with Crippen molar-refractivity contribution < 1.29 is 9.18 Å². The number of thiophene rings is 1. The molecule has 0 aliphatic rings. The smallest absolute Gasteiger partial charge is 0.251 e. The number of rotatable bonds is 3. The van der Waals surface area contributed by atoms with E-state index in [0.717, 1.165) is 10.4 Å². The van der Waals surface area contributed by atoms with Crippen LogP contribution in [0.1, 0.15) is 20.8 Å². The van der Waals surface area contributed by atoms with E-state index >= 15 is 0 Å². The Morgan fingerprint density at radius 1 is 1.40 bits per heavy atom. The summed E-state index contributed by atoms with van der Waals surface area (Å²) in [5, 5.41) is 4.65. The average Bonchev–Trinajstić information content (AvgIpc) is 2.90. The third-order valence-electron chi connectivity index (χ3n) is 2.50. The standard InChI is InChI=1S/C15H13FN2OS/c16-13-5-1-4-12(8-13)15(19)18-9-14-7-11(10-20-14)3-2-6-17/h1,4-5,7-8,10H,6,9,17H2,(H,18,19). The van der Waals surface area contributed by atoms with Gasteiger partial charge in [-0.25, -0.2) is 4.39 Å². The third kappa shape index (κ3) is 3.92. The van der Waals surface area contributed by atoms with Crippen molar-refractivity contribution in [3.63, 3.8) is 0 Å². The Kier molecular flexibility index (Phi) is 4.88. The van der Waals surface area contributed by atoms with Gasteiger partial charge in [-0.1, -0.05) is 17.9 Å². The van der Waals surface area contributed by atoms with E-state index in [9.17, 15) is 9.18 Å². The Hall–Kier alpha value is -2.16. The van der Waals surface area contributed by atoms with Crippen molar-refractivity contribution in [2.24, 2.45) is 5.73 Å². The van der Waals surface area contributed by atoms with Crippen molar-refractivity contribution in [2.75, 3.05) is 6.54 Å². The summed E-state index contributed by atoms with van der Waals surface area (Å²) in [7, 11) is 0. The van der Waals surface area contributed by atoms with Crippen LogP contribution in [0.15, 0.2) is 35.7 Å². The zero-order chi connectivity index (χ0) is 14.4. The summed E-state index contributed by atoms with van der Waals surface area (Å²) in [5.74, 6) is 4.97. The number of carbonyl (C=O) groups is 1. The molecular formula is C15H13FN2OS. The van der Waals surface area contributed by atoms with Crippen LogP contribution in [0.5, 0.6) is 0 Å². The number of hydrogen-bond donors (Lipinski definition) is 2. The molecule has 3 nitrogen and oxygen atoms in total. The third-order valence-corrected chi connectivity index (χ3v) is 3.44. The quantitative estimate of drug-likeness (QED) is 0.850. The van der Waals surface area contributed by atoms with Gasteiger partial charge in [0.15, 0.2) is 0 Å². The van der Waals surface area contributed by atoms with Crippen LogP contribution in [0.4, 0.5) is 4.39 Å². The Morgan fingerprint density at radius 3 is 3.00 bits per heavy atom. The van der Waals surface area contributed by atoms with Gasteiger partial charge in [-0.3, -0.25) is 4.79 Å². The van der Waals surface area contributed by atoms with Gasteiger partial charge in [-0.05, 0) is 24.3 Å². The molecule has 2 rings (SSSR count). The zero-order valence-corrected chi connectivity index (χ0v) is 11.5. The lowest BCUT2D eigenvalue weighted by Crippen LogP contribution is -2.22. The number of halogens is 1. The molecule has 2 aromatic rings. The van der Waals surface area contributed by atoms with E-state index in [2.05, 4.69) is 17.2 Å². The zero-order valence-electron chi connectivity index (χ0n) is 10.7. The van der Waals surface area contributed by atoms with Gasteiger partial charge in [-0.15, -0.1) is 11.3 Å². The molecule has 0 aliphatic heterocycles. The van der Waals surface area contributed by atoms with Crippen LogP contribution in [0, 0.1) is 17.7 Å². The molecule has 0 fully saturated rings. The summed E-state index contributed by atoms with van der Waals surface area (Å²) in [6.07, 6.45) is 0. The van der Waals surface area contributed by atoms with Gasteiger partial charge in [0.1, 0.15) is 5.82 Å². The Bertz CT molecular complexity index is 670. The summed E-state index contributed by atoms with van der Waals surface area (Å²) in [5.41, 5.74) is 6.49. The lowest BCUT2D eigenvalue weighted by Gasteiger charge is -2.03. The van der Waals surface area contributed by atoms with Gasteiger partial charge in [0.25, 0.3) is 5.91 Å². The highest BCUT2D eigenvalue weighted by molar-refractivity contribution is 7.10. The Balaban J connectivity index is 1.95. The first-order chi connectivity index (χ1) is 9.69. The van der Waals surface area contributed by atoms with E-state index in [1.54, 1.807) is 6.07 Å². The second-order valence-electron chi connectivity index (χ2n) is 4.00. The van der Waals surface area contributed by atoms with E-state index in [-0.39, 0.29) is 5.91 Å². The first-order valence-corrected chi connectivity index (χ1v) is 6.87. The van der Waals surface area contributed by atoms with Gasteiger partial charge in [0.2, 0.25) is 0 Å². The Labute approximate surface area is 120 Å². The molecule has 3 N–H and O–H groups in total. The number of benzene rings is 1. The van der Waals surface area contributed by atoms with Crippen molar-refractivity contribution in [1.29, 1.82) is 0 Å². The highest BCUT2D eigenvalue weighted by atomic mass is 32.1. The largest absolute Gasteiger partial charge is 0.347 e. The second-order valence-corrected chi connectivity index (χ2v) is 5.00. The molecule has 1 aromatic carbocycles. The van der Waals surface area contributed by atoms with Crippen molar-refractivity contribution >= 4 is 17.2 Å². The highest BCUT2D eigenvalue weighted by Gasteiger charge is 2.06. The minimum Gasteiger partial charge on any atom is -0.347 e. The predicted octanol–water partition coefficient (Wildman–Crippen LogP) is 2.13. The molecule has 0 atom stereocenters. The van der Waals surface area contributed by atoms with Gasteiger partial charge in [-0.2, -0.15) is 0 Å². The monoisotopic (exact) mass is 288 g/mol. The van der Waals surface area contributed by atoms with Gasteiger partial charge in [0.05, 0.1) is 13.1 Å². The van der Waals surface area contributed by atoms with E-state index in [4.69, 9.17) is 5.73 Å². The molecule has 102 valence electrons. The summed E-state index contributed by atoms with van der Waals surface area (Å²) in [6.45, 7) is 0.714. The first-order valence-electron chi connectivity index (χ1n) is 5.99. The van der Waals surface area contributed by atoms with Crippen LogP contribution in [0.3, 0.4) is 0 Å². The summed E-state index contributed by atoms with van der Waals surface area (Å²) in [4.78, 5) is 12.8. The maximum atomic E-state index is 13.0. The molecule has 0 radical (unpaired) electrons. The number of hydrogen-bond acceptors (Lipinski definition) is 3. The van der Waals surface area contributed by atoms with Crippen LogP contribution < -0.4 is 11.1 Å². The van der Waals surface area contributed by atoms with Crippen molar-refractivity contribution in [1.82, 2.24) is 5.32 Å². The minimum atomic E-state index is -0.423. The van der Waals surface area contributed by atoms with Crippen LogP contribution in [0.2, 0.25) is 0 Å². The van der Waals surface area contributed by atoms with Gasteiger partial charge in [0, 0.05) is 21.4 Å². The maximum Gasteiger partial charge on any atom is 0.251 e. The lowest BCUT2D eigenvalue weighted by molar-refractivity contribution is 0.0951. The Morgan fingerprint density at radius 2 is 2.25 bits per heavy atom. The molecule has 0 saturated carbocycles. The topological polar surface area (TPSA) is 55.1 Å². The van der Waals surface area contributed by atoms with Crippen LogP contribution in [-0.2, 0) is 6.54 Å². The second kappa shape index (κ2) is 6.85. The molecule has 5 heteroatoms. The minimum absolute atomic E-state index is 0.299. The molecular weight excluding hydrogens is 275 g/mol. The number of nitrogens with one attached hydrogen (secondary N) is 1. The van der Waals surface area contributed by atoms with E-state index in [1.807, 2.05) is 11.4 Å². The molecule has 0 saturated heterocycles. The fraction of sp³-hybridized carbons (Fsp3) is 0.133. The number of nitrogens with two attached hydrogens (primary N) is 1. The van der Waals surface area contributed by atoms with Gasteiger partial charge < -0.3 is 11.1 Å². The first kappa shape index (κ1) is 14.3. The van der Waals surface area contributed by atoms with Crippen molar-refractivity contribution in [3.8, 4) is 11.8 Å². The van der Waals surface area contributed by atoms with E-state index in [1.165, 1.54) is 29.5 Å². The summed E-state index contributed by atoms with van der Waals surface area (Å²) < 4.78 is 13.0. The van der Waals surface area contributed by atoms with E-state index in [0.29, 0.717) is 18.7 Å². The van der Waals surface area contributed by atoms with Crippen LogP contribution >= 0.6 is 11.3 Å². The molecule has 1 aromatic heterocycles. The SMILES string of the molecule is NCC#Cc1csc(CNC(=O)c2cccc(F)c2)c1. The lowest BCUT2D eigenvalue weighted by atomic mass is 10.2. The molecule has 1 amide bonds. The van der Waals surface area contributed by atoms with E-state index < -0.39 is 5.82 Å².